The molecule has 0 aliphatic heterocycles. The van der Waals surface area contributed by atoms with Crippen LogP contribution in [-0.4, -0.2) is 52.6 Å². The van der Waals surface area contributed by atoms with Gasteiger partial charge in [-0.15, -0.1) is 0 Å². The van der Waals surface area contributed by atoms with Gasteiger partial charge in [-0.05, 0) is 54.9 Å². The molecule has 0 fully saturated rings. The number of nitrogens with one attached hydrogen (secondary N) is 3. The number of hydrogen-bond acceptors (Lipinski definition) is 6. The van der Waals surface area contributed by atoms with Gasteiger partial charge in [0.1, 0.15) is 11.3 Å². The average Bonchev–Trinajstić information content (AvgIpc) is 2.49. The second-order valence-corrected chi connectivity index (χ2v) is 8.61. The number of Topliss-reactive ketones (excluding diaryl/α,β-unsaturated/α-hetero) is 2. The van der Waals surface area contributed by atoms with Crippen molar-refractivity contribution in [1.29, 1.82) is 0 Å². The molecule has 27 heavy (non-hydrogen) atoms. The molecule has 156 valence electrons. The Labute approximate surface area is 162 Å². The molecule has 8 heteroatoms. The third-order valence-electron chi connectivity index (χ3n) is 4.44. The fraction of sp³-hybridized carbons (Fsp3) is 0.789. The number of nitrogens with two attached hydrogens (primary N) is 1. The number of rotatable bonds is 11. The zero-order valence-electron chi connectivity index (χ0n) is 17.9. The molecule has 0 bridgehead atoms. The van der Waals surface area contributed by atoms with Crippen LogP contribution in [0, 0.1) is 0 Å². The van der Waals surface area contributed by atoms with Crippen LogP contribution in [-0.2, 0) is 19.2 Å². The van der Waals surface area contributed by atoms with Gasteiger partial charge >= 0.3 is 0 Å². The van der Waals surface area contributed by atoms with Gasteiger partial charge in [-0.3, -0.25) is 24.5 Å². The molecule has 0 radical (unpaired) electrons. The first-order chi connectivity index (χ1) is 12.0. The summed E-state index contributed by atoms with van der Waals surface area (Å²) in [4.78, 5) is 48.7. The zero-order valence-corrected chi connectivity index (χ0v) is 17.9. The van der Waals surface area contributed by atoms with Crippen LogP contribution in [0.25, 0.3) is 0 Å². The van der Waals surface area contributed by atoms with Crippen LogP contribution in [0.15, 0.2) is 0 Å². The molecule has 0 aromatic carbocycles. The molecule has 0 aromatic rings. The van der Waals surface area contributed by atoms with Crippen molar-refractivity contribution >= 4 is 23.4 Å². The first-order valence-corrected chi connectivity index (χ1v) is 9.25. The van der Waals surface area contributed by atoms with Gasteiger partial charge < -0.3 is 16.4 Å². The maximum atomic E-state index is 12.7. The third kappa shape index (κ3) is 8.17. The minimum Gasteiger partial charge on any atom is -0.347 e. The molecular weight excluding hydrogens is 348 g/mol. The topological polar surface area (TPSA) is 130 Å². The van der Waals surface area contributed by atoms with Crippen molar-refractivity contribution in [3.8, 4) is 0 Å². The Bertz CT molecular complexity index is 577. The van der Waals surface area contributed by atoms with Crippen molar-refractivity contribution in [3.63, 3.8) is 0 Å². The van der Waals surface area contributed by atoms with Crippen LogP contribution in [0.3, 0.4) is 0 Å². The smallest absolute Gasteiger partial charge is 0.245 e. The highest BCUT2D eigenvalue weighted by atomic mass is 16.2. The number of amides is 2. The molecule has 0 aliphatic carbocycles. The largest absolute Gasteiger partial charge is 0.347 e. The minimum absolute atomic E-state index is 0.0867. The van der Waals surface area contributed by atoms with Gasteiger partial charge in [-0.2, -0.15) is 0 Å². The van der Waals surface area contributed by atoms with E-state index in [-0.39, 0.29) is 24.0 Å². The summed E-state index contributed by atoms with van der Waals surface area (Å²) in [6.07, 6.45) is 1.24. The lowest BCUT2D eigenvalue weighted by Gasteiger charge is -2.32. The van der Waals surface area contributed by atoms with Gasteiger partial charge in [0, 0.05) is 0 Å². The summed E-state index contributed by atoms with van der Waals surface area (Å²) in [6, 6.07) is -0.620. The maximum Gasteiger partial charge on any atom is 0.245 e. The van der Waals surface area contributed by atoms with Crippen molar-refractivity contribution in [2.45, 2.75) is 90.9 Å². The molecule has 0 saturated carbocycles. The first-order valence-electron chi connectivity index (χ1n) is 9.25. The lowest BCUT2D eigenvalue weighted by Crippen LogP contribution is -2.62. The van der Waals surface area contributed by atoms with Gasteiger partial charge in [0.05, 0.1) is 23.7 Å². The molecule has 5 N–H and O–H groups in total. The average molecular weight is 385 g/mol. The molecule has 0 saturated heterocycles. The van der Waals surface area contributed by atoms with Gasteiger partial charge in [0.25, 0.3) is 0 Å². The summed E-state index contributed by atoms with van der Waals surface area (Å²) in [7, 11) is 0. The quantitative estimate of drug-likeness (QED) is 0.409. The van der Waals surface area contributed by atoms with Gasteiger partial charge in [-0.25, -0.2) is 0 Å². The molecule has 0 rings (SSSR count). The molecule has 8 nitrogen and oxygen atoms in total. The predicted octanol–water partition coefficient (Wildman–Crippen LogP) is 0.430. The molecule has 0 heterocycles. The van der Waals surface area contributed by atoms with Crippen molar-refractivity contribution in [3.05, 3.63) is 0 Å². The zero-order chi connectivity index (χ0) is 21.6. The predicted molar refractivity (Wildman–Crippen MR) is 105 cm³/mol. The van der Waals surface area contributed by atoms with Crippen LogP contribution in [0.5, 0.6) is 0 Å². The van der Waals surface area contributed by atoms with Crippen molar-refractivity contribution < 1.29 is 19.2 Å². The first kappa shape index (κ1) is 25.2. The van der Waals surface area contributed by atoms with E-state index in [1.807, 2.05) is 6.92 Å². The Balaban J connectivity index is 5.05. The summed E-state index contributed by atoms with van der Waals surface area (Å²) in [5.74, 6) is -1.27. The van der Waals surface area contributed by atoms with E-state index in [9.17, 15) is 19.2 Å². The summed E-state index contributed by atoms with van der Waals surface area (Å²) in [5, 5.41) is 8.27. The number of ketones is 2. The standard InChI is InChI=1S/C19H36N4O4/c1-9-10-13(22-18(5,6)12(2)24)15(26)23-19(7,8)16(27)21-11-14(25)17(3,4)20/h13,22H,9-11,20H2,1-8H3,(H,21,27)(H,23,26). The van der Waals surface area contributed by atoms with E-state index in [1.165, 1.54) is 6.92 Å². The molecule has 0 aliphatic rings. The number of carbonyl (C=O) groups is 4. The Morgan fingerprint density at radius 2 is 1.48 bits per heavy atom. The maximum absolute atomic E-state index is 12.7. The molecule has 1 unspecified atom stereocenters. The van der Waals surface area contributed by atoms with E-state index in [4.69, 9.17) is 5.73 Å². The number of hydrogen-bond donors (Lipinski definition) is 4. The van der Waals surface area contributed by atoms with E-state index >= 15 is 0 Å². The van der Waals surface area contributed by atoms with Crippen LogP contribution in [0.2, 0.25) is 0 Å². The van der Waals surface area contributed by atoms with Crippen molar-refractivity contribution in [1.82, 2.24) is 16.0 Å². The Morgan fingerprint density at radius 1 is 0.963 bits per heavy atom. The summed E-state index contributed by atoms with van der Waals surface area (Å²) >= 11 is 0. The Hall–Kier alpha value is -1.80. The van der Waals surface area contributed by atoms with Gasteiger partial charge in [0.2, 0.25) is 11.8 Å². The van der Waals surface area contributed by atoms with Crippen molar-refractivity contribution in [2.75, 3.05) is 6.54 Å². The van der Waals surface area contributed by atoms with E-state index in [0.29, 0.717) is 6.42 Å². The summed E-state index contributed by atoms with van der Waals surface area (Å²) < 4.78 is 0. The molecule has 1 atom stereocenters. The van der Waals surface area contributed by atoms with E-state index < -0.39 is 28.6 Å². The Morgan fingerprint density at radius 3 is 1.89 bits per heavy atom. The van der Waals surface area contributed by atoms with Crippen LogP contribution in [0.1, 0.15) is 68.2 Å². The second kappa shape index (κ2) is 9.41. The molecule has 0 spiro atoms. The third-order valence-corrected chi connectivity index (χ3v) is 4.44. The molecule has 0 aromatic heterocycles. The van der Waals surface area contributed by atoms with Crippen LogP contribution >= 0.6 is 0 Å². The number of carbonyl (C=O) groups excluding carboxylic acids is 4. The van der Waals surface area contributed by atoms with Crippen LogP contribution < -0.4 is 21.7 Å². The Kier molecular flexibility index (Phi) is 8.79. The van der Waals surface area contributed by atoms with Crippen LogP contribution in [0.4, 0.5) is 0 Å². The highest BCUT2D eigenvalue weighted by Crippen LogP contribution is 2.11. The second-order valence-electron chi connectivity index (χ2n) is 8.61. The minimum atomic E-state index is -1.23. The monoisotopic (exact) mass is 384 g/mol. The lowest BCUT2D eigenvalue weighted by atomic mass is 9.96. The highest BCUT2D eigenvalue weighted by molar-refractivity contribution is 5.96. The van der Waals surface area contributed by atoms with E-state index in [2.05, 4.69) is 16.0 Å². The SMILES string of the molecule is CCCC(NC(C)(C)C(C)=O)C(=O)NC(C)(C)C(=O)NCC(=O)C(C)(C)N. The van der Waals surface area contributed by atoms with E-state index in [0.717, 1.165) is 6.42 Å². The lowest BCUT2D eigenvalue weighted by molar-refractivity contribution is -0.135. The van der Waals surface area contributed by atoms with Crippen molar-refractivity contribution in [2.24, 2.45) is 5.73 Å². The fourth-order valence-corrected chi connectivity index (χ4v) is 2.16. The molecule has 2 amide bonds. The summed E-state index contributed by atoms with van der Waals surface area (Å²) in [6.45, 7) is 12.8. The normalized spacial score (nSPS) is 13.7. The van der Waals surface area contributed by atoms with Gasteiger partial charge in [-0.1, -0.05) is 13.3 Å². The van der Waals surface area contributed by atoms with Gasteiger partial charge in [0.15, 0.2) is 5.78 Å². The molecular formula is C19H36N4O4. The summed E-state index contributed by atoms with van der Waals surface area (Å²) in [5.41, 5.74) is 2.57. The van der Waals surface area contributed by atoms with E-state index in [1.54, 1.807) is 41.5 Å². The highest BCUT2D eigenvalue weighted by Gasteiger charge is 2.35. The fourth-order valence-electron chi connectivity index (χ4n) is 2.16.